The van der Waals surface area contributed by atoms with Gasteiger partial charge in [-0.3, -0.25) is 9.69 Å². The summed E-state index contributed by atoms with van der Waals surface area (Å²) in [5.74, 6) is 1.69. The van der Waals surface area contributed by atoms with Crippen LogP contribution in [-0.4, -0.2) is 92.3 Å². The highest BCUT2D eigenvalue weighted by atomic mass is 16.5. The van der Waals surface area contributed by atoms with Crippen LogP contribution < -0.4 is 20.3 Å². The van der Waals surface area contributed by atoms with E-state index in [1.807, 2.05) is 24.4 Å². The summed E-state index contributed by atoms with van der Waals surface area (Å²) in [5, 5.41) is 6.70. The van der Waals surface area contributed by atoms with Gasteiger partial charge in [0, 0.05) is 67.3 Å². The summed E-state index contributed by atoms with van der Waals surface area (Å²) < 4.78 is 11.3. The number of amides is 1. The zero-order chi connectivity index (χ0) is 29.6. The number of nitrogens with zero attached hydrogens (tertiary/aromatic N) is 5. The molecule has 0 spiro atoms. The van der Waals surface area contributed by atoms with Crippen molar-refractivity contribution in [1.29, 1.82) is 0 Å². The van der Waals surface area contributed by atoms with E-state index < -0.39 is 0 Å². The molecule has 0 radical (unpaired) electrons. The fourth-order valence-corrected chi connectivity index (χ4v) is 6.30. The summed E-state index contributed by atoms with van der Waals surface area (Å²) in [7, 11) is 3.81. The Hall–Kier alpha value is -3.73. The molecule has 0 atom stereocenters. The second kappa shape index (κ2) is 13.7. The molecule has 43 heavy (non-hydrogen) atoms. The van der Waals surface area contributed by atoms with Crippen molar-refractivity contribution in [3.8, 4) is 17.0 Å². The van der Waals surface area contributed by atoms with Gasteiger partial charge in [-0.25, -0.2) is 9.97 Å². The standard InChI is InChI=1S/C33H43N7O3/c1-38-11-3-9-34-32(41)25-7-12-39(13-8-25)22-24-18-28(21-29(19-24)40-14-16-43-17-15-40)36-33-35-10-6-30(37-33)26-4-5-31(42-2)27(20-26)23-38/h4-6,10,18-21,25H,3,7-9,11-17,22-23H2,1-2H3,(H,34,41)(H,35,36,37). The van der Waals surface area contributed by atoms with Crippen molar-refractivity contribution in [2.75, 3.05) is 76.9 Å². The number of ether oxygens (including phenoxy) is 2. The van der Waals surface area contributed by atoms with Crippen LogP contribution in [0.25, 0.3) is 11.3 Å². The van der Waals surface area contributed by atoms with E-state index in [4.69, 9.17) is 14.5 Å². The molecule has 228 valence electrons. The molecular weight excluding hydrogens is 542 g/mol. The maximum atomic E-state index is 12.9. The highest BCUT2D eigenvalue weighted by Gasteiger charge is 2.25. The van der Waals surface area contributed by atoms with E-state index in [0.29, 0.717) is 12.5 Å². The number of methoxy groups -OCH3 is 1. The number of aromatic nitrogens is 2. The molecule has 1 amide bonds. The van der Waals surface area contributed by atoms with Crippen molar-refractivity contribution in [3.63, 3.8) is 0 Å². The highest BCUT2D eigenvalue weighted by molar-refractivity contribution is 5.78. The van der Waals surface area contributed by atoms with Crippen molar-refractivity contribution in [1.82, 2.24) is 25.1 Å². The number of fused-ring (bicyclic) bond motifs is 8. The van der Waals surface area contributed by atoms with Crippen molar-refractivity contribution in [3.05, 3.63) is 59.8 Å². The van der Waals surface area contributed by atoms with Gasteiger partial charge in [-0.15, -0.1) is 0 Å². The van der Waals surface area contributed by atoms with Gasteiger partial charge in [-0.05, 0) is 94.0 Å². The van der Waals surface area contributed by atoms with Gasteiger partial charge in [-0.2, -0.15) is 0 Å². The molecule has 2 fully saturated rings. The van der Waals surface area contributed by atoms with Gasteiger partial charge < -0.3 is 29.9 Å². The van der Waals surface area contributed by atoms with E-state index in [2.05, 4.69) is 61.6 Å². The molecule has 5 heterocycles. The van der Waals surface area contributed by atoms with E-state index in [0.717, 1.165) is 107 Å². The van der Waals surface area contributed by atoms with E-state index in [1.165, 1.54) is 11.3 Å². The molecular formula is C33H43N7O3. The molecule has 7 rings (SSSR count). The Morgan fingerprint density at radius 1 is 0.977 bits per heavy atom. The monoisotopic (exact) mass is 585 g/mol. The number of benzene rings is 2. The third kappa shape index (κ3) is 7.44. The third-order valence-corrected chi connectivity index (χ3v) is 8.66. The Bertz CT molecular complexity index is 1400. The van der Waals surface area contributed by atoms with Gasteiger partial charge >= 0.3 is 0 Å². The smallest absolute Gasteiger partial charge is 0.227 e. The zero-order valence-corrected chi connectivity index (χ0v) is 25.3. The summed E-state index contributed by atoms with van der Waals surface area (Å²) in [6.45, 7) is 8.15. The predicted octanol–water partition coefficient (Wildman–Crippen LogP) is 3.90. The molecule has 8 bridgehead atoms. The van der Waals surface area contributed by atoms with Crippen LogP contribution in [0.4, 0.5) is 17.3 Å². The average Bonchev–Trinajstić information content (AvgIpc) is 3.03. The summed E-state index contributed by atoms with van der Waals surface area (Å²) >= 11 is 0. The van der Waals surface area contributed by atoms with E-state index >= 15 is 0 Å². The lowest BCUT2D eigenvalue weighted by Crippen LogP contribution is -2.40. The van der Waals surface area contributed by atoms with Crippen LogP contribution in [0, 0.1) is 5.92 Å². The number of hydrogen-bond donors (Lipinski definition) is 2. The largest absolute Gasteiger partial charge is 0.496 e. The maximum absolute atomic E-state index is 12.9. The Labute approximate surface area is 254 Å². The van der Waals surface area contributed by atoms with Crippen LogP contribution in [0.2, 0.25) is 0 Å². The predicted molar refractivity (Wildman–Crippen MR) is 169 cm³/mol. The van der Waals surface area contributed by atoms with Crippen LogP contribution in [0.15, 0.2) is 48.7 Å². The number of rotatable bonds is 2. The Morgan fingerprint density at radius 2 is 1.81 bits per heavy atom. The number of nitrogens with one attached hydrogen (secondary N) is 2. The molecule has 2 aromatic carbocycles. The van der Waals surface area contributed by atoms with Crippen LogP contribution >= 0.6 is 0 Å². The Kier molecular flexibility index (Phi) is 9.36. The van der Waals surface area contributed by atoms with Gasteiger partial charge in [0.25, 0.3) is 0 Å². The van der Waals surface area contributed by atoms with E-state index in [9.17, 15) is 4.79 Å². The van der Waals surface area contributed by atoms with Gasteiger partial charge in [-0.1, -0.05) is 0 Å². The maximum Gasteiger partial charge on any atom is 0.227 e. The Balaban J connectivity index is 1.33. The molecule has 0 saturated carbocycles. The molecule has 1 aromatic heterocycles. The zero-order valence-electron chi connectivity index (χ0n) is 25.3. The number of carbonyl (C=O) groups is 1. The van der Waals surface area contributed by atoms with Crippen LogP contribution in [-0.2, 0) is 22.6 Å². The number of piperidine rings is 1. The first-order valence-electron chi connectivity index (χ1n) is 15.5. The average molecular weight is 586 g/mol. The van der Waals surface area contributed by atoms with Crippen LogP contribution in [0.3, 0.4) is 0 Å². The summed E-state index contributed by atoms with van der Waals surface area (Å²) in [4.78, 5) is 29.5. The number of carbonyl (C=O) groups excluding carboxylic acids is 1. The molecule has 0 aliphatic carbocycles. The summed E-state index contributed by atoms with van der Waals surface area (Å²) in [6, 6.07) is 14.8. The minimum Gasteiger partial charge on any atom is -0.496 e. The highest BCUT2D eigenvalue weighted by Crippen LogP contribution is 2.30. The van der Waals surface area contributed by atoms with Crippen molar-refractivity contribution >= 4 is 23.2 Å². The van der Waals surface area contributed by atoms with Gasteiger partial charge in [0.2, 0.25) is 11.9 Å². The quantitative estimate of drug-likeness (QED) is 0.465. The minimum atomic E-state index is 0.0835. The Morgan fingerprint density at radius 3 is 2.63 bits per heavy atom. The second-order valence-electron chi connectivity index (χ2n) is 11.8. The first-order chi connectivity index (χ1) is 21.0. The topological polar surface area (TPSA) is 95.1 Å². The minimum absolute atomic E-state index is 0.0835. The fraction of sp³-hybridized carbons (Fsp3) is 0.485. The van der Waals surface area contributed by atoms with Crippen molar-refractivity contribution < 1.29 is 14.3 Å². The molecule has 10 heteroatoms. The summed E-state index contributed by atoms with van der Waals surface area (Å²) in [5.41, 5.74) is 6.32. The first-order valence-corrected chi connectivity index (χ1v) is 15.5. The number of anilines is 3. The molecule has 4 aliphatic heterocycles. The second-order valence-corrected chi connectivity index (χ2v) is 11.8. The van der Waals surface area contributed by atoms with E-state index in [1.54, 1.807) is 7.11 Å². The normalized spacial score (nSPS) is 22.1. The molecule has 0 unspecified atom stereocenters. The lowest BCUT2D eigenvalue weighted by atomic mass is 9.95. The lowest BCUT2D eigenvalue weighted by molar-refractivity contribution is -0.126. The molecule has 3 aromatic rings. The van der Waals surface area contributed by atoms with Crippen molar-refractivity contribution in [2.24, 2.45) is 5.92 Å². The van der Waals surface area contributed by atoms with Gasteiger partial charge in [0.1, 0.15) is 5.75 Å². The van der Waals surface area contributed by atoms with Gasteiger partial charge in [0.15, 0.2) is 0 Å². The van der Waals surface area contributed by atoms with Crippen LogP contribution in [0.1, 0.15) is 30.4 Å². The first kappa shape index (κ1) is 29.3. The number of hydrogen-bond acceptors (Lipinski definition) is 9. The lowest BCUT2D eigenvalue weighted by Gasteiger charge is -2.32. The molecule has 2 N–H and O–H groups in total. The summed E-state index contributed by atoms with van der Waals surface area (Å²) in [6.07, 6.45) is 4.48. The molecule has 4 aliphatic rings. The molecule has 10 nitrogen and oxygen atoms in total. The molecule has 2 saturated heterocycles. The van der Waals surface area contributed by atoms with Gasteiger partial charge in [0.05, 0.1) is 26.0 Å². The SMILES string of the molecule is COc1ccc2cc1CN(C)CCCNC(=O)C1CCN(CC1)Cc1cc(cc(N3CCOCC3)c1)Nc1nccc-2n1. The fourth-order valence-electron chi connectivity index (χ4n) is 6.30. The van der Waals surface area contributed by atoms with Crippen LogP contribution in [0.5, 0.6) is 5.75 Å². The number of morpholine rings is 1. The van der Waals surface area contributed by atoms with E-state index in [-0.39, 0.29) is 11.8 Å². The van der Waals surface area contributed by atoms with Crippen molar-refractivity contribution in [2.45, 2.75) is 32.4 Å². The third-order valence-electron chi connectivity index (χ3n) is 8.66.